The van der Waals surface area contributed by atoms with Crippen LogP contribution in [0.1, 0.15) is 13.8 Å². The third kappa shape index (κ3) is 3.45. The standard InChI is InChI=1S/C18H17N3O2/c1-12(2)17(22)21-13-7-9-14(10-8-13)23-18-15-5-3-4-6-16(15)19-11-20-18/h3-12H,1-2H3,(H,21,22). The van der Waals surface area contributed by atoms with Gasteiger partial charge in [0.2, 0.25) is 11.8 Å². The smallest absolute Gasteiger partial charge is 0.230 e. The van der Waals surface area contributed by atoms with E-state index in [0.717, 1.165) is 16.6 Å². The molecule has 116 valence electrons. The fraction of sp³-hybridized carbons (Fsp3) is 0.167. The maximum absolute atomic E-state index is 11.7. The summed E-state index contributed by atoms with van der Waals surface area (Å²) < 4.78 is 5.84. The molecule has 0 aliphatic rings. The number of amides is 1. The van der Waals surface area contributed by atoms with Gasteiger partial charge in [0.05, 0.1) is 10.9 Å². The lowest BCUT2D eigenvalue weighted by Crippen LogP contribution is -2.17. The van der Waals surface area contributed by atoms with E-state index in [0.29, 0.717) is 11.6 Å². The molecule has 0 saturated carbocycles. The third-order valence-corrected chi connectivity index (χ3v) is 3.37. The lowest BCUT2D eigenvalue weighted by atomic mass is 10.2. The number of fused-ring (bicyclic) bond motifs is 1. The van der Waals surface area contributed by atoms with Crippen LogP contribution in [0.5, 0.6) is 11.6 Å². The number of hydrogen-bond donors (Lipinski definition) is 1. The highest BCUT2D eigenvalue weighted by Gasteiger charge is 2.08. The molecule has 5 heteroatoms. The van der Waals surface area contributed by atoms with E-state index in [1.807, 2.05) is 38.1 Å². The second-order valence-corrected chi connectivity index (χ2v) is 5.47. The van der Waals surface area contributed by atoms with Gasteiger partial charge < -0.3 is 10.1 Å². The van der Waals surface area contributed by atoms with Crippen LogP contribution in [0, 0.1) is 5.92 Å². The van der Waals surface area contributed by atoms with Crippen LogP contribution in [0.4, 0.5) is 5.69 Å². The molecule has 0 spiro atoms. The number of anilines is 1. The van der Waals surface area contributed by atoms with Gasteiger partial charge in [-0.15, -0.1) is 0 Å². The topological polar surface area (TPSA) is 64.1 Å². The van der Waals surface area contributed by atoms with Gasteiger partial charge in [0.15, 0.2) is 0 Å². The molecule has 2 aromatic carbocycles. The SMILES string of the molecule is CC(C)C(=O)Nc1ccc(Oc2ncnc3ccccc23)cc1. The van der Waals surface area contributed by atoms with Crippen molar-refractivity contribution in [3.05, 3.63) is 54.9 Å². The average molecular weight is 307 g/mol. The van der Waals surface area contributed by atoms with Crippen LogP contribution in [-0.4, -0.2) is 15.9 Å². The highest BCUT2D eigenvalue weighted by Crippen LogP contribution is 2.27. The molecular formula is C18H17N3O2. The molecule has 0 saturated heterocycles. The summed E-state index contributed by atoms with van der Waals surface area (Å²) in [5.74, 6) is 1.09. The fourth-order valence-corrected chi connectivity index (χ4v) is 2.07. The van der Waals surface area contributed by atoms with Crippen LogP contribution in [0.2, 0.25) is 0 Å². The summed E-state index contributed by atoms with van der Waals surface area (Å²) in [4.78, 5) is 20.1. The van der Waals surface area contributed by atoms with E-state index in [-0.39, 0.29) is 11.8 Å². The van der Waals surface area contributed by atoms with E-state index in [2.05, 4.69) is 15.3 Å². The summed E-state index contributed by atoms with van der Waals surface area (Å²) in [7, 11) is 0. The van der Waals surface area contributed by atoms with E-state index in [1.165, 1.54) is 6.33 Å². The Morgan fingerprint density at radius 3 is 2.52 bits per heavy atom. The van der Waals surface area contributed by atoms with Crippen molar-refractivity contribution in [3.8, 4) is 11.6 Å². The van der Waals surface area contributed by atoms with E-state index in [4.69, 9.17) is 4.74 Å². The molecule has 0 unspecified atom stereocenters. The van der Waals surface area contributed by atoms with Crippen molar-refractivity contribution in [2.75, 3.05) is 5.32 Å². The first-order chi connectivity index (χ1) is 11.1. The summed E-state index contributed by atoms with van der Waals surface area (Å²) in [6.45, 7) is 3.71. The number of hydrogen-bond acceptors (Lipinski definition) is 4. The Morgan fingerprint density at radius 2 is 1.78 bits per heavy atom. The predicted molar refractivity (Wildman–Crippen MR) is 89.5 cm³/mol. The molecule has 0 fully saturated rings. The van der Waals surface area contributed by atoms with E-state index in [9.17, 15) is 4.79 Å². The molecule has 0 aliphatic carbocycles. The van der Waals surface area contributed by atoms with Crippen molar-refractivity contribution < 1.29 is 9.53 Å². The Labute approximate surface area is 134 Å². The summed E-state index contributed by atoms with van der Waals surface area (Å²) in [6, 6.07) is 14.9. The molecule has 1 amide bonds. The summed E-state index contributed by atoms with van der Waals surface area (Å²) >= 11 is 0. The number of rotatable bonds is 4. The number of para-hydroxylation sites is 1. The molecule has 1 aromatic heterocycles. The molecule has 5 nitrogen and oxygen atoms in total. The minimum atomic E-state index is -0.0571. The summed E-state index contributed by atoms with van der Waals surface area (Å²) in [6.07, 6.45) is 1.48. The lowest BCUT2D eigenvalue weighted by Gasteiger charge is -2.10. The molecule has 3 aromatic rings. The molecule has 0 bridgehead atoms. The van der Waals surface area contributed by atoms with Gasteiger partial charge in [0.1, 0.15) is 12.1 Å². The molecule has 0 radical (unpaired) electrons. The first kappa shape index (κ1) is 15.0. The average Bonchev–Trinajstić information content (AvgIpc) is 2.57. The van der Waals surface area contributed by atoms with Gasteiger partial charge in [-0.3, -0.25) is 4.79 Å². The predicted octanol–water partition coefficient (Wildman–Crippen LogP) is 4.02. The van der Waals surface area contributed by atoms with Crippen molar-refractivity contribution in [2.45, 2.75) is 13.8 Å². The second-order valence-electron chi connectivity index (χ2n) is 5.47. The minimum Gasteiger partial charge on any atom is -0.438 e. The third-order valence-electron chi connectivity index (χ3n) is 3.37. The zero-order valence-electron chi connectivity index (χ0n) is 13.0. The van der Waals surface area contributed by atoms with Crippen molar-refractivity contribution in [2.24, 2.45) is 5.92 Å². The number of carbonyl (C=O) groups is 1. The van der Waals surface area contributed by atoms with Crippen LogP contribution >= 0.6 is 0 Å². The number of nitrogens with one attached hydrogen (secondary N) is 1. The maximum Gasteiger partial charge on any atom is 0.230 e. The zero-order valence-corrected chi connectivity index (χ0v) is 13.0. The summed E-state index contributed by atoms with van der Waals surface area (Å²) in [5.41, 5.74) is 1.57. The first-order valence-electron chi connectivity index (χ1n) is 7.42. The van der Waals surface area contributed by atoms with Gasteiger partial charge in [-0.25, -0.2) is 9.97 Å². The van der Waals surface area contributed by atoms with Gasteiger partial charge >= 0.3 is 0 Å². The van der Waals surface area contributed by atoms with Crippen molar-refractivity contribution in [1.82, 2.24) is 9.97 Å². The number of nitrogens with zero attached hydrogens (tertiary/aromatic N) is 2. The van der Waals surface area contributed by atoms with Gasteiger partial charge in [-0.2, -0.15) is 0 Å². The van der Waals surface area contributed by atoms with Crippen LogP contribution in [0.15, 0.2) is 54.9 Å². The number of carbonyl (C=O) groups excluding carboxylic acids is 1. The van der Waals surface area contributed by atoms with Gasteiger partial charge in [-0.05, 0) is 36.4 Å². The van der Waals surface area contributed by atoms with Gasteiger partial charge in [0, 0.05) is 11.6 Å². The van der Waals surface area contributed by atoms with E-state index >= 15 is 0 Å². The fourth-order valence-electron chi connectivity index (χ4n) is 2.07. The van der Waals surface area contributed by atoms with Gasteiger partial charge in [0.25, 0.3) is 0 Å². The zero-order chi connectivity index (χ0) is 16.2. The number of benzene rings is 2. The lowest BCUT2D eigenvalue weighted by molar-refractivity contribution is -0.118. The van der Waals surface area contributed by atoms with Crippen molar-refractivity contribution in [1.29, 1.82) is 0 Å². The first-order valence-corrected chi connectivity index (χ1v) is 7.42. The maximum atomic E-state index is 11.7. The van der Waals surface area contributed by atoms with E-state index in [1.54, 1.807) is 24.3 Å². The minimum absolute atomic E-state index is 0.0135. The molecule has 23 heavy (non-hydrogen) atoms. The highest BCUT2D eigenvalue weighted by molar-refractivity contribution is 5.92. The normalized spacial score (nSPS) is 10.7. The van der Waals surface area contributed by atoms with Gasteiger partial charge in [-0.1, -0.05) is 26.0 Å². The largest absolute Gasteiger partial charge is 0.438 e. The Bertz CT molecular complexity index is 824. The molecule has 1 heterocycles. The summed E-state index contributed by atoms with van der Waals surface area (Å²) in [5, 5.41) is 3.70. The van der Waals surface area contributed by atoms with Crippen LogP contribution in [0.25, 0.3) is 10.9 Å². The molecule has 3 rings (SSSR count). The molecule has 1 N–H and O–H groups in total. The molecule has 0 aliphatic heterocycles. The Hall–Kier alpha value is -2.95. The number of aromatic nitrogens is 2. The molecule has 0 atom stereocenters. The Kier molecular flexibility index (Phi) is 4.19. The van der Waals surface area contributed by atoms with E-state index < -0.39 is 0 Å². The number of ether oxygens (including phenoxy) is 1. The van der Waals surface area contributed by atoms with Crippen molar-refractivity contribution >= 4 is 22.5 Å². The Balaban J connectivity index is 1.79. The van der Waals surface area contributed by atoms with Crippen LogP contribution in [-0.2, 0) is 4.79 Å². The highest BCUT2D eigenvalue weighted by atomic mass is 16.5. The molecular weight excluding hydrogens is 290 g/mol. The van der Waals surface area contributed by atoms with Crippen LogP contribution < -0.4 is 10.1 Å². The Morgan fingerprint density at radius 1 is 1.04 bits per heavy atom. The quantitative estimate of drug-likeness (QED) is 0.790. The van der Waals surface area contributed by atoms with Crippen molar-refractivity contribution in [3.63, 3.8) is 0 Å². The van der Waals surface area contributed by atoms with Crippen LogP contribution in [0.3, 0.4) is 0 Å². The second kappa shape index (κ2) is 6.44. The monoisotopic (exact) mass is 307 g/mol.